The molecule has 0 aliphatic carbocycles. The number of aliphatic hydroxyl groups is 1. The van der Waals surface area contributed by atoms with Crippen molar-refractivity contribution in [2.24, 2.45) is 0 Å². The highest BCUT2D eigenvalue weighted by molar-refractivity contribution is 6.00. The molecule has 4 rings (SSSR count). The van der Waals surface area contributed by atoms with Gasteiger partial charge in [0.1, 0.15) is 11.6 Å². The number of aryl methyl sites for hydroxylation is 1. The molecule has 1 heterocycles. The van der Waals surface area contributed by atoms with Gasteiger partial charge in [0, 0.05) is 42.9 Å². The largest absolute Gasteiger partial charge is 0.389 e. The second kappa shape index (κ2) is 15.2. The zero-order chi connectivity index (χ0) is 30.9. The Balaban J connectivity index is 1.55. The molecular formula is C35H43F2N3O3. The predicted molar refractivity (Wildman–Crippen MR) is 165 cm³/mol. The zero-order valence-electron chi connectivity index (χ0n) is 25.3. The summed E-state index contributed by atoms with van der Waals surface area (Å²) >= 11 is 0. The summed E-state index contributed by atoms with van der Waals surface area (Å²) in [6, 6.07) is 17.3. The lowest BCUT2D eigenvalue weighted by Crippen LogP contribution is -2.56. The van der Waals surface area contributed by atoms with Gasteiger partial charge in [0.05, 0.1) is 12.1 Å². The van der Waals surface area contributed by atoms with Crippen molar-refractivity contribution in [3.05, 3.63) is 106 Å². The van der Waals surface area contributed by atoms with E-state index in [1.54, 1.807) is 23.1 Å². The minimum atomic E-state index is -1.03. The summed E-state index contributed by atoms with van der Waals surface area (Å²) in [5.74, 6) is -1.73. The van der Waals surface area contributed by atoms with Crippen molar-refractivity contribution in [3.63, 3.8) is 0 Å². The van der Waals surface area contributed by atoms with Crippen molar-refractivity contribution in [1.82, 2.24) is 15.5 Å². The first-order chi connectivity index (χ1) is 20.7. The molecule has 0 saturated carbocycles. The van der Waals surface area contributed by atoms with Gasteiger partial charge in [-0.25, -0.2) is 8.78 Å². The Kier molecular flexibility index (Phi) is 11.4. The van der Waals surface area contributed by atoms with Crippen LogP contribution in [0.3, 0.4) is 0 Å². The van der Waals surface area contributed by atoms with Crippen molar-refractivity contribution in [1.29, 1.82) is 0 Å². The number of carbonyl (C=O) groups excluding carboxylic acids is 2. The highest BCUT2D eigenvalue weighted by Gasteiger charge is 2.33. The van der Waals surface area contributed by atoms with Crippen LogP contribution in [0.5, 0.6) is 0 Å². The first kappa shape index (κ1) is 32.3. The molecule has 0 radical (unpaired) electrons. The van der Waals surface area contributed by atoms with E-state index in [0.717, 1.165) is 30.9 Å². The molecule has 8 heteroatoms. The topological polar surface area (TPSA) is 81.7 Å². The van der Waals surface area contributed by atoms with Gasteiger partial charge in [0.25, 0.3) is 11.8 Å². The smallest absolute Gasteiger partial charge is 0.253 e. The lowest BCUT2D eigenvalue weighted by atomic mass is 9.84. The second-order valence-electron chi connectivity index (χ2n) is 11.6. The van der Waals surface area contributed by atoms with Crippen molar-refractivity contribution in [2.45, 2.75) is 77.0 Å². The van der Waals surface area contributed by atoms with E-state index in [9.17, 15) is 23.5 Å². The van der Waals surface area contributed by atoms with Gasteiger partial charge in [-0.1, -0.05) is 44.2 Å². The van der Waals surface area contributed by atoms with E-state index in [1.165, 1.54) is 17.7 Å². The second-order valence-corrected chi connectivity index (χ2v) is 11.6. The summed E-state index contributed by atoms with van der Waals surface area (Å²) in [5.41, 5.74) is 3.03. The minimum absolute atomic E-state index is 0.0280. The fourth-order valence-electron chi connectivity index (χ4n) is 6.03. The van der Waals surface area contributed by atoms with Crippen LogP contribution in [-0.2, 0) is 6.42 Å². The monoisotopic (exact) mass is 591 g/mol. The summed E-state index contributed by atoms with van der Waals surface area (Å²) in [6.07, 6.45) is 2.17. The number of halogens is 2. The molecule has 43 heavy (non-hydrogen) atoms. The van der Waals surface area contributed by atoms with Gasteiger partial charge in [0.15, 0.2) is 0 Å². The highest BCUT2D eigenvalue weighted by Crippen LogP contribution is 2.27. The number of carbonyl (C=O) groups is 2. The summed E-state index contributed by atoms with van der Waals surface area (Å²) in [4.78, 5) is 28.7. The van der Waals surface area contributed by atoms with Crippen LogP contribution < -0.4 is 10.6 Å². The number of piperidine rings is 1. The zero-order valence-corrected chi connectivity index (χ0v) is 25.3. The number of amides is 2. The van der Waals surface area contributed by atoms with Crippen LogP contribution in [0.2, 0.25) is 0 Å². The van der Waals surface area contributed by atoms with Gasteiger partial charge in [-0.15, -0.1) is 0 Å². The molecule has 0 spiro atoms. The summed E-state index contributed by atoms with van der Waals surface area (Å²) in [6.45, 7) is 7.78. The molecule has 230 valence electrons. The fraction of sp³-hybridized carbons (Fsp3) is 0.429. The highest BCUT2D eigenvalue weighted by atomic mass is 19.1. The molecule has 6 nitrogen and oxygen atoms in total. The molecule has 1 saturated heterocycles. The van der Waals surface area contributed by atoms with Crippen molar-refractivity contribution >= 4 is 11.8 Å². The van der Waals surface area contributed by atoms with E-state index in [1.807, 2.05) is 39.0 Å². The molecule has 3 aromatic rings. The average Bonchev–Trinajstić information content (AvgIpc) is 2.99. The molecule has 1 aliphatic heterocycles. The molecule has 2 unspecified atom stereocenters. The van der Waals surface area contributed by atoms with Crippen molar-refractivity contribution in [3.8, 4) is 0 Å². The van der Waals surface area contributed by atoms with Crippen molar-refractivity contribution < 1.29 is 23.5 Å². The Hall–Kier alpha value is -3.62. The minimum Gasteiger partial charge on any atom is -0.389 e. The molecular weight excluding hydrogens is 548 g/mol. The van der Waals surface area contributed by atoms with Crippen molar-refractivity contribution in [2.75, 3.05) is 19.6 Å². The van der Waals surface area contributed by atoms with E-state index in [4.69, 9.17) is 0 Å². The van der Waals surface area contributed by atoms with E-state index in [0.29, 0.717) is 48.7 Å². The standard InChI is InChI=1S/C35H43F2N3O3/c1-4-13-40(14-5-2)35(43)28-16-23(3)15-27(20-28)34(42)39-32(19-24-17-29(36)21-30(37)18-24)33(41)31-12-11-26(22-38-31)25-9-7-6-8-10-25/h6-10,15-18,20-21,26,31-33,38,41H,4-5,11-14,19,22H2,1-3H3,(H,39,42)/t26?,31?,32-,33+/m0/s1. The molecule has 1 aliphatic rings. The first-order valence-corrected chi connectivity index (χ1v) is 15.3. The Morgan fingerprint density at radius 1 is 0.953 bits per heavy atom. The van der Waals surface area contributed by atoms with Crippen LogP contribution in [0.25, 0.3) is 0 Å². The predicted octanol–water partition coefficient (Wildman–Crippen LogP) is 5.77. The maximum atomic E-state index is 14.1. The quantitative estimate of drug-likeness (QED) is 0.250. The molecule has 1 fully saturated rings. The number of rotatable bonds is 12. The molecule has 3 N–H and O–H groups in total. The van der Waals surface area contributed by atoms with Crippen LogP contribution in [0.4, 0.5) is 8.78 Å². The SMILES string of the molecule is CCCN(CCC)C(=O)c1cc(C)cc(C(=O)N[C@@H](Cc2cc(F)cc(F)c2)[C@H](O)C2CCC(c3ccccc3)CN2)c1. The van der Waals surface area contributed by atoms with E-state index in [-0.39, 0.29) is 18.4 Å². The average molecular weight is 592 g/mol. The lowest BCUT2D eigenvalue weighted by molar-refractivity contribution is 0.0630. The number of nitrogens with zero attached hydrogens (tertiary/aromatic N) is 1. The number of hydrogen-bond acceptors (Lipinski definition) is 4. The number of aliphatic hydroxyl groups excluding tert-OH is 1. The summed E-state index contributed by atoms with van der Waals surface area (Å²) in [7, 11) is 0. The lowest BCUT2D eigenvalue weighted by Gasteiger charge is -2.36. The molecule has 2 amide bonds. The van der Waals surface area contributed by atoms with Gasteiger partial charge in [0.2, 0.25) is 0 Å². The third kappa shape index (κ3) is 8.71. The number of hydrogen-bond donors (Lipinski definition) is 3. The maximum absolute atomic E-state index is 14.1. The molecule has 0 bridgehead atoms. The molecule has 0 aromatic heterocycles. The third-order valence-corrected chi connectivity index (χ3v) is 8.10. The normalized spacial score (nSPS) is 18.1. The van der Waals surface area contributed by atoms with Crippen LogP contribution >= 0.6 is 0 Å². The molecule has 3 aromatic carbocycles. The van der Waals surface area contributed by atoms with Crippen LogP contribution in [-0.4, -0.2) is 59.6 Å². The number of benzene rings is 3. The molecule has 4 atom stereocenters. The van der Waals surface area contributed by atoms with Gasteiger partial charge >= 0.3 is 0 Å². The van der Waals surface area contributed by atoms with Gasteiger partial charge < -0.3 is 20.6 Å². The fourth-order valence-corrected chi connectivity index (χ4v) is 6.03. The van der Waals surface area contributed by atoms with Crippen LogP contribution in [0, 0.1) is 18.6 Å². The Morgan fingerprint density at radius 2 is 1.60 bits per heavy atom. The Bertz CT molecular complexity index is 1350. The Morgan fingerprint density at radius 3 is 2.21 bits per heavy atom. The summed E-state index contributed by atoms with van der Waals surface area (Å²) < 4.78 is 28.1. The van der Waals surface area contributed by atoms with E-state index >= 15 is 0 Å². The number of nitrogens with one attached hydrogen (secondary N) is 2. The maximum Gasteiger partial charge on any atom is 0.253 e. The van der Waals surface area contributed by atoms with E-state index < -0.39 is 29.7 Å². The first-order valence-electron chi connectivity index (χ1n) is 15.3. The Labute approximate surface area is 253 Å². The van der Waals surface area contributed by atoms with Crippen LogP contribution in [0.1, 0.15) is 82.9 Å². The van der Waals surface area contributed by atoms with Gasteiger partial charge in [-0.2, -0.15) is 0 Å². The van der Waals surface area contributed by atoms with E-state index in [2.05, 4.69) is 22.8 Å². The summed E-state index contributed by atoms with van der Waals surface area (Å²) in [5, 5.41) is 17.9. The third-order valence-electron chi connectivity index (χ3n) is 8.10. The van der Waals surface area contributed by atoms with Gasteiger partial charge in [-0.05, 0) is 92.0 Å². The van der Waals surface area contributed by atoms with Crippen LogP contribution in [0.15, 0.2) is 66.7 Å². The van der Waals surface area contributed by atoms with Gasteiger partial charge in [-0.3, -0.25) is 9.59 Å².